The van der Waals surface area contributed by atoms with E-state index in [4.69, 9.17) is 23.8 Å². The van der Waals surface area contributed by atoms with Crippen LogP contribution < -0.4 is 10.6 Å². The second-order valence-electron chi connectivity index (χ2n) is 7.35. The van der Waals surface area contributed by atoms with Crippen LogP contribution in [0.5, 0.6) is 0 Å². The molecule has 1 aromatic heterocycles. The van der Waals surface area contributed by atoms with E-state index in [-0.39, 0.29) is 11.0 Å². The second-order valence-corrected chi connectivity index (χ2v) is 8.17. The molecule has 0 aliphatic heterocycles. The number of unbranched alkanes of at least 4 members (excludes halogenated alkanes) is 1. The van der Waals surface area contributed by atoms with E-state index < -0.39 is 0 Å². The minimum atomic E-state index is -0.373. The summed E-state index contributed by atoms with van der Waals surface area (Å²) in [5.74, 6) is -0.373. The van der Waals surface area contributed by atoms with Crippen molar-refractivity contribution in [1.82, 2.24) is 20.3 Å². The molecule has 0 saturated carbocycles. The van der Waals surface area contributed by atoms with Crippen LogP contribution in [0.2, 0.25) is 5.02 Å². The zero-order chi connectivity index (χ0) is 22.5. The first-order chi connectivity index (χ1) is 15.5. The van der Waals surface area contributed by atoms with E-state index in [1.165, 1.54) is 18.4 Å². The van der Waals surface area contributed by atoms with Crippen molar-refractivity contribution in [3.63, 3.8) is 0 Å². The Labute approximate surface area is 196 Å². The van der Waals surface area contributed by atoms with Gasteiger partial charge in [0.15, 0.2) is 5.11 Å². The Hall–Kier alpha value is -3.29. The van der Waals surface area contributed by atoms with E-state index >= 15 is 0 Å². The molecule has 0 aliphatic rings. The van der Waals surface area contributed by atoms with Gasteiger partial charge in [0, 0.05) is 5.69 Å². The first-order valence-electron chi connectivity index (χ1n) is 10.4. The number of benzene rings is 3. The van der Waals surface area contributed by atoms with Crippen molar-refractivity contribution in [3.8, 4) is 5.69 Å². The second kappa shape index (κ2) is 9.89. The summed E-state index contributed by atoms with van der Waals surface area (Å²) in [6.45, 7) is 2.19. The molecule has 1 heterocycles. The molecule has 4 aromatic rings. The highest BCUT2D eigenvalue weighted by Crippen LogP contribution is 2.19. The highest BCUT2D eigenvalue weighted by atomic mass is 35.5. The Morgan fingerprint density at radius 1 is 1.03 bits per heavy atom. The standard InChI is InChI=1S/C24H22ClN5OS/c1-2-3-6-16-9-12-18(13-10-16)30-28-21-14-11-17(15-22(21)29-30)26-24(32)27-23(31)19-7-4-5-8-20(19)25/h4-5,7-15H,2-3,6H2,1H3,(H2,26,27,31,32). The minimum absolute atomic E-state index is 0.171. The third-order valence-corrected chi connectivity index (χ3v) is 5.50. The molecule has 32 heavy (non-hydrogen) atoms. The number of amides is 1. The molecule has 162 valence electrons. The summed E-state index contributed by atoms with van der Waals surface area (Å²) >= 11 is 11.3. The molecule has 0 radical (unpaired) electrons. The Morgan fingerprint density at radius 3 is 2.53 bits per heavy atom. The minimum Gasteiger partial charge on any atom is -0.332 e. The van der Waals surface area contributed by atoms with Gasteiger partial charge in [-0.1, -0.05) is 49.2 Å². The molecule has 0 bridgehead atoms. The normalized spacial score (nSPS) is 10.8. The molecule has 0 atom stereocenters. The van der Waals surface area contributed by atoms with Gasteiger partial charge in [-0.3, -0.25) is 10.1 Å². The van der Waals surface area contributed by atoms with Gasteiger partial charge in [0.25, 0.3) is 5.91 Å². The summed E-state index contributed by atoms with van der Waals surface area (Å²) in [7, 11) is 0. The van der Waals surface area contributed by atoms with Crippen LogP contribution in [0.1, 0.15) is 35.7 Å². The van der Waals surface area contributed by atoms with E-state index in [2.05, 4.69) is 39.9 Å². The lowest BCUT2D eigenvalue weighted by atomic mass is 10.1. The van der Waals surface area contributed by atoms with Gasteiger partial charge in [-0.2, -0.15) is 4.80 Å². The summed E-state index contributed by atoms with van der Waals surface area (Å²) in [5.41, 5.74) is 4.74. The van der Waals surface area contributed by atoms with Gasteiger partial charge in [-0.05, 0) is 73.1 Å². The molecule has 8 heteroatoms. The van der Waals surface area contributed by atoms with E-state index in [0.717, 1.165) is 17.6 Å². The predicted octanol–water partition coefficient (Wildman–Crippen LogP) is 5.54. The number of hydrogen-bond donors (Lipinski definition) is 2. The summed E-state index contributed by atoms with van der Waals surface area (Å²) in [4.78, 5) is 14.0. The van der Waals surface area contributed by atoms with Crippen molar-refractivity contribution in [2.24, 2.45) is 0 Å². The lowest BCUT2D eigenvalue weighted by Gasteiger charge is -2.10. The van der Waals surface area contributed by atoms with Crippen molar-refractivity contribution < 1.29 is 4.79 Å². The Kier molecular flexibility index (Phi) is 6.78. The van der Waals surface area contributed by atoms with Crippen LogP contribution in [0.15, 0.2) is 66.7 Å². The number of rotatable bonds is 6. The first-order valence-corrected chi connectivity index (χ1v) is 11.2. The van der Waals surface area contributed by atoms with Crippen molar-refractivity contribution in [2.45, 2.75) is 26.2 Å². The smallest absolute Gasteiger partial charge is 0.258 e. The number of hydrogen-bond acceptors (Lipinski definition) is 4. The van der Waals surface area contributed by atoms with Gasteiger partial charge in [-0.15, -0.1) is 10.2 Å². The average Bonchev–Trinajstić information content (AvgIpc) is 3.21. The zero-order valence-corrected chi connectivity index (χ0v) is 19.1. The van der Waals surface area contributed by atoms with Gasteiger partial charge < -0.3 is 5.32 Å². The van der Waals surface area contributed by atoms with Gasteiger partial charge in [0.1, 0.15) is 11.0 Å². The molecule has 2 N–H and O–H groups in total. The largest absolute Gasteiger partial charge is 0.332 e. The Morgan fingerprint density at radius 2 is 1.78 bits per heavy atom. The number of nitrogens with one attached hydrogen (secondary N) is 2. The quantitative estimate of drug-likeness (QED) is 0.367. The fraction of sp³-hybridized carbons (Fsp3) is 0.167. The molecule has 0 saturated heterocycles. The fourth-order valence-electron chi connectivity index (χ4n) is 3.26. The van der Waals surface area contributed by atoms with Crippen LogP contribution >= 0.6 is 23.8 Å². The van der Waals surface area contributed by atoms with Crippen LogP contribution in [0.4, 0.5) is 5.69 Å². The van der Waals surface area contributed by atoms with Crippen LogP contribution in [-0.2, 0) is 6.42 Å². The highest BCUT2D eigenvalue weighted by molar-refractivity contribution is 7.80. The molecule has 4 rings (SSSR count). The lowest BCUT2D eigenvalue weighted by Crippen LogP contribution is -2.34. The van der Waals surface area contributed by atoms with Crippen LogP contribution in [0.3, 0.4) is 0 Å². The van der Waals surface area contributed by atoms with Gasteiger partial charge >= 0.3 is 0 Å². The molecule has 3 aromatic carbocycles. The van der Waals surface area contributed by atoms with Crippen molar-refractivity contribution in [2.75, 3.05) is 5.32 Å². The number of nitrogens with zero attached hydrogens (tertiary/aromatic N) is 3. The Bertz CT molecular complexity index is 1270. The maximum atomic E-state index is 12.4. The third-order valence-electron chi connectivity index (χ3n) is 4.97. The molecule has 1 amide bonds. The molecular weight excluding hydrogens is 442 g/mol. The number of fused-ring (bicyclic) bond motifs is 1. The van der Waals surface area contributed by atoms with Crippen molar-refractivity contribution >= 4 is 51.6 Å². The summed E-state index contributed by atoms with van der Waals surface area (Å²) in [5, 5.41) is 15.3. The van der Waals surface area contributed by atoms with Crippen molar-refractivity contribution in [3.05, 3.63) is 82.9 Å². The van der Waals surface area contributed by atoms with Crippen LogP contribution in [-0.4, -0.2) is 26.0 Å². The molecule has 0 spiro atoms. The summed E-state index contributed by atoms with van der Waals surface area (Å²) < 4.78 is 0. The SMILES string of the molecule is CCCCc1ccc(-n2nc3ccc(NC(=S)NC(=O)c4ccccc4Cl)cc3n2)cc1. The van der Waals surface area contributed by atoms with Crippen LogP contribution in [0.25, 0.3) is 16.7 Å². The number of halogens is 1. The van der Waals surface area contributed by atoms with Crippen LogP contribution in [0, 0.1) is 0 Å². The average molecular weight is 464 g/mol. The van der Waals surface area contributed by atoms with E-state index in [1.54, 1.807) is 29.1 Å². The van der Waals surface area contributed by atoms with Gasteiger partial charge in [0.2, 0.25) is 0 Å². The first kappa shape index (κ1) is 21.9. The topological polar surface area (TPSA) is 71.8 Å². The van der Waals surface area contributed by atoms with Gasteiger partial charge in [-0.25, -0.2) is 0 Å². The monoisotopic (exact) mass is 463 g/mol. The number of carbonyl (C=O) groups is 1. The predicted molar refractivity (Wildman–Crippen MR) is 133 cm³/mol. The number of anilines is 1. The lowest BCUT2D eigenvalue weighted by molar-refractivity contribution is 0.0978. The highest BCUT2D eigenvalue weighted by Gasteiger charge is 2.12. The number of aromatic nitrogens is 3. The van der Waals surface area contributed by atoms with E-state index in [0.29, 0.717) is 21.8 Å². The number of carbonyl (C=O) groups excluding carboxylic acids is 1. The fourth-order valence-corrected chi connectivity index (χ4v) is 3.69. The summed E-state index contributed by atoms with van der Waals surface area (Å²) in [6.07, 6.45) is 3.43. The molecule has 0 fully saturated rings. The van der Waals surface area contributed by atoms with E-state index in [1.807, 2.05) is 30.3 Å². The molecular formula is C24H22ClN5OS. The van der Waals surface area contributed by atoms with Crippen molar-refractivity contribution in [1.29, 1.82) is 0 Å². The summed E-state index contributed by atoms with van der Waals surface area (Å²) in [6, 6.07) is 20.6. The number of thiocarbonyl (C=S) groups is 1. The third kappa shape index (κ3) is 5.12. The van der Waals surface area contributed by atoms with Gasteiger partial charge in [0.05, 0.1) is 16.3 Å². The molecule has 0 aliphatic carbocycles. The maximum Gasteiger partial charge on any atom is 0.258 e. The number of aryl methyl sites for hydroxylation is 1. The molecule has 0 unspecified atom stereocenters. The zero-order valence-electron chi connectivity index (χ0n) is 17.5. The maximum absolute atomic E-state index is 12.4. The Balaban J connectivity index is 1.45. The van der Waals surface area contributed by atoms with E-state index in [9.17, 15) is 4.79 Å². The molecule has 6 nitrogen and oxygen atoms in total.